The third-order valence-corrected chi connectivity index (χ3v) is 6.18. The van der Waals surface area contributed by atoms with E-state index in [1.165, 1.54) is 35.6 Å². The van der Waals surface area contributed by atoms with Gasteiger partial charge in [0.05, 0.1) is 27.8 Å². The van der Waals surface area contributed by atoms with E-state index in [-0.39, 0.29) is 10.5 Å². The Morgan fingerprint density at radius 2 is 2.17 bits per heavy atom. The van der Waals surface area contributed by atoms with Crippen molar-refractivity contribution in [3.05, 3.63) is 59.4 Å². The molecule has 0 radical (unpaired) electrons. The third kappa shape index (κ3) is 3.82. The van der Waals surface area contributed by atoms with Gasteiger partial charge in [-0.15, -0.1) is 11.3 Å². The van der Waals surface area contributed by atoms with Crippen LogP contribution in [-0.4, -0.2) is 23.4 Å². The lowest BCUT2D eigenvalue weighted by Crippen LogP contribution is -2.27. The second kappa shape index (κ2) is 7.61. The maximum atomic E-state index is 12.4. The number of rotatable bonds is 6. The molecule has 0 saturated carbocycles. The lowest BCUT2D eigenvalue weighted by molar-refractivity contribution is 0.149. The van der Waals surface area contributed by atoms with E-state index in [1.807, 2.05) is 23.3 Å². The van der Waals surface area contributed by atoms with Crippen molar-refractivity contribution in [2.24, 2.45) is 0 Å². The second-order valence-corrected chi connectivity index (χ2v) is 8.51. The Morgan fingerprint density at radius 1 is 1.31 bits per heavy atom. The molecule has 3 aromatic heterocycles. The minimum atomic E-state index is -4.00. The van der Waals surface area contributed by atoms with Gasteiger partial charge in [-0.25, -0.2) is 23.9 Å². The molecule has 146 valence electrons. The van der Waals surface area contributed by atoms with E-state index in [2.05, 4.69) is 20.4 Å². The average Bonchev–Trinajstić information content (AvgIpc) is 3.37. The van der Waals surface area contributed by atoms with Gasteiger partial charge < -0.3 is 4.98 Å². The van der Waals surface area contributed by atoms with Crippen molar-refractivity contribution in [2.45, 2.75) is 11.8 Å². The minimum absolute atomic E-state index is 0.0874. The van der Waals surface area contributed by atoms with Crippen LogP contribution < -0.4 is 10.4 Å². The van der Waals surface area contributed by atoms with Crippen molar-refractivity contribution in [3.8, 4) is 16.6 Å². The Hall–Kier alpha value is -3.30. The molecule has 3 heterocycles. The number of pyridine rings is 1. The van der Waals surface area contributed by atoms with Gasteiger partial charge in [-0.1, -0.05) is 11.0 Å². The summed E-state index contributed by atoms with van der Waals surface area (Å²) in [5.74, 6) is 0. The van der Waals surface area contributed by atoms with E-state index in [1.54, 1.807) is 18.5 Å². The van der Waals surface area contributed by atoms with Crippen molar-refractivity contribution in [3.63, 3.8) is 0 Å². The molecular weight excluding hydrogens is 412 g/mol. The molecule has 0 fully saturated rings. The first-order chi connectivity index (χ1) is 14.0. The molecule has 29 heavy (non-hydrogen) atoms. The maximum Gasteiger partial charge on any atom is 0.264 e. The molecule has 0 spiro atoms. The molecule has 4 aromatic rings. The summed E-state index contributed by atoms with van der Waals surface area (Å²) in [6.45, 7) is 1.88. The molecule has 1 aromatic carbocycles. The molecule has 11 heteroatoms. The highest BCUT2D eigenvalue weighted by atomic mass is 32.2. The van der Waals surface area contributed by atoms with Crippen LogP contribution in [0.2, 0.25) is 0 Å². The van der Waals surface area contributed by atoms with Crippen LogP contribution in [-0.2, 0) is 15.0 Å². The number of nitriles is 1. The highest BCUT2D eigenvalue weighted by molar-refractivity contribution is 7.89. The first-order valence-electron chi connectivity index (χ1n) is 8.30. The van der Waals surface area contributed by atoms with Gasteiger partial charge in [0.2, 0.25) is 0 Å². The van der Waals surface area contributed by atoms with E-state index in [0.29, 0.717) is 27.3 Å². The zero-order valence-electron chi connectivity index (χ0n) is 15.0. The van der Waals surface area contributed by atoms with Crippen molar-refractivity contribution in [1.29, 1.82) is 5.26 Å². The number of aromatic nitrogens is 3. The summed E-state index contributed by atoms with van der Waals surface area (Å²) in [6, 6.07) is 9.32. The van der Waals surface area contributed by atoms with Crippen molar-refractivity contribution < 1.29 is 13.4 Å². The van der Waals surface area contributed by atoms with Crippen LogP contribution in [0.3, 0.4) is 0 Å². The minimum Gasteiger partial charge on any atom is -0.346 e. The van der Waals surface area contributed by atoms with E-state index in [4.69, 9.17) is 10.2 Å². The molecule has 0 unspecified atom stereocenters. The lowest BCUT2D eigenvalue weighted by Gasteiger charge is -2.12. The monoisotopic (exact) mass is 426 g/mol. The number of sulfonamides is 1. The molecule has 0 amide bonds. The number of anilines is 1. The van der Waals surface area contributed by atoms with Gasteiger partial charge in [-0.3, -0.25) is 0 Å². The van der Waals surface area contributed by atoms with E-state index in [0.717, 1.165) is 5.69 Å². The summed E-state index contributed by atoms with van der Waals surface area (Å²) >= 11 is 1.44. The lowest BCUT2D eigenvalue weighted by atomic mass is 10.2. The van der Waals surface area contributed by atoms with Crippen LogP contribution in [0, 0.1) is 18.3 Å². The number of benzene rings is 1. The zero-order valence-corrected chi connectivity index (χ0v) is 16.6. The Kier molecular flexibility index (Phi) is 4.99. The highest BCUT2D eigenvalue weighted by Crippen LogP contribution is 2.34. The topological polar surface area (TPSA) is 133 Å². The summed E-state index contributed by atoms with van der Waals surface area (Å²) in [4.78, 5) is 18.9. The summed E-state index contributed by atoms with van der Waals surface area (Å²) < 4.78 is 24.9. The summed E-state index contributed by atoms with van der Waals surface area (Å²) in [5, 5.41) is 12.3. The SMILES string of the molecule is Cc1csc(-c2cnc3[nH]ccc3c2NONS(=O)(=O)c2cccc(C#N)c2)n1. The predicted octanol–water partition coefficient (Wildman–Crippen LogP) is 3.10. The van der Waals surface area contributed by atoms with Gasteiger partial charge >= 0.3 is 0 Å². The second-order valence-electron chi connectivity index (χ2n) is 6.01. The summed E-state index contributed by atoms with van der Waals surface area (Å²) in [6.07, 6.45) is 3.35. The van der Waals surface area contributed by atoms with Crippen LogP contribution in [0.15, 0.2) is 53.0 Å². The smallest absolute Gasteiger partial charge is 0.264 e. The Morgan fingerprint density at radius 3 is 2.93 bits per heavy atom. The third-order valence-electron chi connectivity index (χ3n) is 4.01. The van der Waals surface area contributed by atoms with Crippen LogP contribution in [0.1, 0.15) is 11.3 Å². The first-order valence-corrected chi connectivity index (χ1v) is 10.7. The molecule has 0 aliphatic rings. The van der Waals surface area contributed by atoms with Gasteiger partial charge in [0.25, 0.3) is 10.0 Å². The Balaban J connectivity index is 1.61. The van der Waals surface area contributed by atoms with Crippen LogP contribution in [0.5, 0.6) is 0 Å². The molecule has 0 atom stereocenters. The standard InChI is InChI=1S/C18H14N6O3S2/c1-11-10-28-18(22-11)15-9-21-17-14(5-6-20-17)16(15)23-27-24-29(25,26)13-4-2-3-12(7-13)8-19/h2-7,9-10,24H,1H3,(H2,20,21,23). The molecule has 0 bridgehead atoms. The fourth-order valence-corrected chi connectivity index (χ4v) is 4.27. The summed E-state index contributed by atoms with van der Waals surface area (Å²) in [5.41, 5.74) is 5.54. The number of nitrogens with zero attached hydrogens (tertiary/aromatic N) is 3. The molecule has 4 rings (SSSR count). The largest absolute Gasteiger partial charge is 0.346 e. The zero-order chi connectivity index (χ0) is 20.4. The van der Waals surface area contributed by atoms with E-state index >= 15 is 0 Å². The predicted molar refractivity (Wildman–Crippen MR) is 108 cm³/mol. The molecular formula is C18H14N6O3S2. The Bertz CT molecular complexity index is 1340. The van der Waals surface area contributed by atoms with Crippen LogP contribution >= 0.6 is 11.3 Å². The quantitative estimate of drug-likeness (QED) is 0.403. The van der Waals surface area contributed by atoms with Crippen molar-refractivity contribution >= 4 is 38.1 Å². The number of thiazole rings is 1. The van der Waals surface area contributed by atoms with Gasteiger partial charge in [0.1, 0.15) is 10.7 Å². The van der Waals surface area contributed by atoms with Gasteiger partial charge in [-0.05, 0) is 31.2 Å². The van der Waals surface area contributed by atoms with Crippen LogP contribution in [0.25, 0.3) is 21.6 Å². The number of nitrogens with one attached hydrogen (secondary N) is 3. The first kappa shape index (κ1) is 19.0. The molecule has 0 aliphatic heterocycles. The number of hydrogen-bond donors (Lipinski definition) is 3. The van der Waals surface area contributed by atoms with Crippen LogP contribution in [0.4, 0.5) is 5.69 Å². The van der Waals surface area contributed by atoms with E-state index in [9.17, 15) is 8.42 Å². The van der Waals surface area contributed by atoms with Crippen molar-refractivity contribution in [1.82, 2.24) is 19.8 Å². The average molecular weight is 426 g/mol. The maximum absolute atomic E-state index is 12.4. The van der Waals surface area contributed by atoms with Gasteiger partial charge in [0, 0.05) is 28.9 Å². The molecule has 0 saturated heterocycles. The number of aryl methyl sites for hydroxylation is 1. The van der Waals surface area contributed by atoms with Crippen molar-refractivity contribution in [2.75, 3.05) is 5.48 Å². The summed E-state index contributed by atoms with van der Waals surface area (Å²) in [7, 11) is -4.00. The molecule has 3 N–H and O–H groups in total. The fraction of sp³-hybridized carbons (Fsp3) is 0.0556. The normalized spacial score (nSPS) is 11.4. The fourth-order valence-electron chi connectivity index (χ4n) is 2.67. The number of fused-ring (bicyclic) bond motifs is 1. The van der Waals surface area contributed by atoms with E-state index < -0.39 is 10.0 Å². The van der Waals surface area contributed by atoms with Gasteiger partial charge in [0.15, 0.2) is 0 Å². The number of hydrogen-bond acceptors (Lipinski definition) is 8. The molecule has 0 aliphatic carbocycles. The number of H-pyrrole nitrogens is 1. The highest BCUT2D eigenvalue weighted by Gasteiger charge is 2.18. The number of aromatic amines is 1. The van der Waals surface area contributed by atoms with Gasteiger partial charge in [-0.2, -0.15) is 10.2 Å². The molecule has 9 nitrogen and oxygen atoms in total. The Labute approximate surface area is 170 Å².